The SMILES string of the molecule is CC(C)(C)OC(=O)N[C@@H](CNC(=O)O)[C@@](CO)(c1ccc(C(F)(F)F)c(Br)c1)c1nccs1. The van der Waals surface area contributed by atoms with Crippen LogP contribution in [0.4, 0.5) is 22.8 Å². The lowest BCUT2D eigenvalue weighted by atomic mass is 9.74. The van der Waals surface area contributed by atoms with Gasteiger partial charge in [-0.15, -0.1) is 11.3 Å². The number of halogens is 4. The van der Waals surface area contributed by atoms with Crippen LogP contribution in [0.1, 0.15) is 36.9 Å². The Labute approximate surface area is 200 Å². The summed E-state index contributed by atoms with van der Waals surface area (Å²) in [7, 11) is 0. The number of hydrogen-bond acceptors (Lipinski definition) is 6. The third-order valence-corrected chi connectivity index (χ3v) is 6.20. The summed E-state index contributed by atoms with van der Waals surface area (Å²) < 4.78 is 44.9. The van der Waals surface area contributed by atoms with E-state index in [9.17, 15) is 27.9 Å². The number of ether oxygens (including phenoxy) is 1. The highest BCUT2D eigenvalue weighted by molar-refractivity contribution is 9.10. The lowest BCUT2D eigenvalue weighted by molar-refractivity contribution is -0.138. The number of thiazole rings is 1. The van der Waals surface area contributed by atoms with E-state index in [0.29, 0.717) is 0 Å². The summed E-state index contributed by atoms with van der Waals surface area (Å²) in [6.07, 6.45) is -5.50. The quantitative estimate of drug-likeness (QED) is 0.404. The van der Waals surface area contributed by atoms with Crippen molar-refractivity contribution in [3.63, 3.8) is 0 Å². The molecule has 0 unspecified atom stereocenters. The van der Waals surface area contributed by atoms with Crippen molar-refractivity contribution in [1.82, 2.24) is 15.6 Å². The monoisotopic (exact) mass is 553 g/mol. The maximum atomic E-state index is 13.3. The average molecular weight is 554 g/mol. The minimum absolute atomic E-state index is 0.174. The number of carbonyl (C=O) groups excluding carboxylic acids is 1. The summed E-state index contributed by atoms with van der Waals surface area (Å²) in [4.78, 5) is 28.0. The molecule has 0 spiro atoms. The molecule has 0 aliphatic rings. The summed E-state index contributed by atoms with van der Waals surface area (Å²) >= 11 is 4.02. The lowest BCUT2D eigenvalue weighted by Crippen LogP contribution is -2.58. The molecule has 4 N–H and O–H groups in total. The number of amides is 2. The van der Waals surface area contributed by atoms with Gasteiger partial charge in [0.25, 0.3) is 0 Å². The molecule has 1 aromatic heterocycles. The Hall–Kier alpha value is -2.38. The molecule has 0 aliphatic heterocycles. The molecule has 2 amide bonds. The van der Waals surface area contributed by atoms with Crippen LogP contribution in [-0.4, -0.2) is 52.2 Å². The molecule has 2 aromatic rings. The zero-order valence-corrected chi connectivity index (χ0v) is 20.3. The zero-order valence-electron chi connectivity index (χ0n) is 17.9. The molecule has 2 atom stereocenters. The average Bonchev–Trinajstić information content (AvgIpc) is 3.19. The van der Waals surface area contributed by atoms with E-state index < -0.39 is 54.1 Å². The van der Waals surface area contributed by atoms with E-state index in [1.165, 1.54) is 12.3 Å². The first-order valence-corrected chi connectivity index (χ1v) is 11.2. The minimum atomic E-state index is -4.63. The molecular weight excluding hydrogens is 531 g/mol. The van der Waals surface area contributed by atoms with Crippen molar-refractivity contribution < 1.29 is 37.7 Å². The Kier molecular flexibility index (Phi) is 8.36. The van der Waals surface area contributed by atoms with Crippen LogP contribution in [-0.2, 0) is 16.3 Å². The largest absolute Gasteiger partial charge is 0.465 e. The number of aliphatic hydroxyl groups excluding tert-OH is 1. The third-order valence-electron chi connectivity index (χ3n) is 4.60. The van der Waals surface area contributed by atoms with Crippen LogP contribution in [0.2, 0.25) is 0 Å². The van der Waals surface area contributed by atoms with Crippen LogP contribution < -0.4 is 10.6 Å². The van der Waals surface area contributed by atoms with E-state index >= 15 is 0 Å². The summed E-state index contributed by atoms with van der Waals surface area (Å²) in [5.74, 6) is 0. The second-order valence-electron chi connectivity index (χ2n) is 8.04. The van der Waals surface area contributed by atoms with Gasteiger partial charge >= 0.3 is 18.4 Å². The molecule has 0 saturated carbocycles. The van der Waals surface area contributed by atoms with E-state index in [2.05, 4.69) is 31.5 Å². The fraction of sp³-hybridized carbons (Fsp3) is 0.450. The van der Waals surface area contributed by atoms with Gasteiger partial charge in [-0.25, -0.2) is 14.6 Å². The first kappa shape index (κ1) is 26.9. The van der Waals surface area contributed by atoms with E-state index in [-0.39, 0.29) is 15.0 Å². The maximum Gasteiger partial charge on any atom is 0.417 e. The predicted molar refractivity (Wildman–Crippen MR) is 118 cm³/mol. The Morgan fingerprint density at radius 2 is 1.94 bits per heavy atom. The Balaban J connectivity index is 2.66. The van der Waals surface area contributed by atoms with Crippen molar-refractivity contribution in [1.29, 1.82) is 0 Å². The van der Waals surface area contributed by atoms with E-state index in [1.807, 2.05) is 0 Å². The zero-order chi connectivity index (χ0) is 25.0. The number of nitrogens with one attached hydrogen (secondary N) is 2. The minimum Gasteiger partial charge on any atom is -0.465 e. The Bertz CT molecular complexity index is 982. The van der Waals surface area contributed by atoms with Gasteiger partial charge in [-0.1, -0.05) is 22.0 Å². The van der Waals surface area contributed by atoms with Crippen molar-refractivity contribution in [3.8, 4) is 0 Å². The number of rotatable bonds is 7. The van der Waals surface area contributed by atoms with Gasteiger partial charge in [-0.2, -0.15) is 13.2 Å². The third kappa shape index (κ3) is 6.58. The Morgan fingerprint density at radius 3 is 2.39 bits per heavy atom. The van der Waals surface area contributed by atoms with Gasteiger partial charge < -0.3 is 25.6 Å². The van der Waals surface area contributed by atoms with Crippen molar-refractivity contribution in [2.75, 3.05) is 13.2 Å². The standard InChI is InChI=1S/C20H23BrF3N3O5S/c1-18(2,3)32-17(31)27-14(9-26-16(29)30)19(10-28,15-25-6-7-33-15)11-4-5-12(13(21)8-11)20(22,23)24/h4-8,14,26,28H,9-10H2,1-3H3,(H,27,31)(H,29,30)/t14-,19+/m0/s1. The molecule has 0 aliphatic carbocycles. The van der Waals surface area contributed by atoms with Crippen LogP contribution in [0.15, 0.2) is 34.2 Å². The summed E-state index contributed by atoms with van der Waals surface area (Å²) in [5.41, 5.74) is -3.24. The highest BCUT2D eigenvalue weighted by atomic mass is 79.9. The molecule has 13 heteroatoms. The van der Waals surface area contributed by atoms with Gasteiger partial charge in [0.2, 0.25) is 0 Å². The van der Waals surface area contributed by atoms with Crippen molar-refractivity contribution >= 4 is 39.5 Å². The first-order chi connectivity index (χ1) is 15.2. The van der Waals surface area contributed by atoms with Gasteiger partial charge in [0.05, 0.1) is 23.6 Å². The van der Waals surface area contributed by atoms with Crippen molar-refractivity contribution in [2.45, 2.75) is 44.0 Å². The van der Waals surface area contributed by atoms with Crippen LogP contribution in [0.25, 0.3) is 0 Å². The molecule has 8 nitrogen and oxygen atoms in total. The van der Waals surface area contributed by atoms with Gasteiger partial charge in [-0.05, 0) is 38.5 Å². The van der Waals surface area contributed by atoms with E-state index in [4.69, 9.17) is 9.84 Å². The molecule has 33 heavy (non-hydrogen) atoms. The number of aliphatic hydroxyl groups is 1. The van der Waals surface area contributed by atoms with Crippen LogP contribution in [0.3, 0.4) is 0 Å². The molecule has 182 valence electrons. The molecule has 1 aromatic carbocycles. The fourth-order valence-corrected chi connectivity index (χ4v) is 4.71. The predicted octanol–water partition coefficient (Wildman–Crippen LogP) is 4.36. The number of carboxylic acid groups (broad SMARTS) is 1. The van der Waals surface area contributed by atoms with E-state index in [0.717, 1.165) is 23.5 Å². The number of aromatic nitrogens is 1. The molecule has 0 saturated heterocycles. The Morgan fingerprint density at radius 1 is 1.27 bits per heavy atom. The van der Waals surface area contributed by atoms with Crippen molar-refractivity contribution in [2.24, 2.45) is 0 Å². The topological polar surface area (TPSA) is 121 Å². The lowest BCUT2D eigenvalue weighted by Gasteiger charge is -2.39. The number of benzene rings is 1. The van der Waals surface area contributed by atoms with Gasteiger partial charge in [0.15, 0.2) is 0 Å². The van der Waals surface area contributed by atoms with Gasteiger partial charge in [0, 0.05) is 22.6 Å². The normalized spacial score (nSPS) is 14.8. The number of alkyl halides is 3. The fourth-order valence-electron chi connectivity index (χ4n) is 3.20. The van der Waals surface area contributed by atoms with Crippen LogP contribution in [0, 0.1) is 0 Å². The molecular formula is C20H23BrF3N3O5S. The summed E-state index contributed by atoms with van der Waals surface area (Å²) in [6.45, 7) is 3.78. The molecule has 2 rings (SSSR count). The van der Waals surface area contributed by atoms with Gasteiger partial charge in [-0.3, -0.25) is 0 Å². The number of nitrogens with zero attached hydrogens (tertiary/aromatic N) is 1. The summed E-state index contributed by atoms with van der Waals surface area (Å²) in [6, 6.07) is 2.00. The second-order valence-corrected chi connectivity index (χ2v) is 9.79. The van der Waals surface area contributed by atoms with Crippen LogP contribution >= 0.6 is 27.3 Å². The highest BCUT2D eigenvalue weighted by Gasteiger charge is 2.46. The van der Waals surface area contributed by atoms with Crippen LogP contribution in [0.5, 0.6) is 0 Å². The maximum absolute atomic E-state index is 13.3. The van der Waals surface area contributed by atoms with Crippen molar-refractivity contribution in [3.05, 3.63) is 50.4 Å². The molecule has 0 bridgehead atoms. The number of hydrogen-bond donors (Lipinski definition) is 4. The highest BCUT2D eigenvalue weighted by Crippen LogP contribution is 2.41. The molecule has 0 radical (unpaired) electrons. The van der Waals surface area contributed by atoms with Gasteiger partial charge in [0.1, 0.15) is 10.6 Å². The number of alkyl carbamates (subject to hydrolysis) is 1. The summed E-state index contributed by atoms with van der Waals surface area (Å²) in [5, 5.41) is 26.2. The molecule has 0 fully saturated rings. The first-order valence-electron chi connectivity index (χ1n) is 9.55. The second kappa shape index (κ2) is 10.3. The van der Waals surface area contributed by atoms with E-state index in [1.54, 1.807) is 26.2 Å². The number of carbonyl (C=O) groups is 2. The molecule has 1 heterocycles. The smallest absolute Gasteiger partial charge is 0.417 e.